The Labute approximate surface area is 216 Å². The van der Waals surface area contributed by atoms with Crippen molar-refractivity contribution >= 4 is 52.8 Å². The number of pyridine rings is 1. The summed E-state index contributed by atoms with van der Waals surface area (Å²) in [7, 11) is -1.32. The van der Waals surface area contributed by atoms with Crippen LogP contribution in [0, 0.1) is 0 Å². The normalized spacial score (nSPS) is 11.9. The van der Waals surface area contributed by atoms with Crippen LogP contribution in [-0.2, 0) is 11.5 Å². The summed E-state index contributed by atoms with van der Waals surface area (Å²) in [6, 6.07) is 5.21. The number of rotatable bonds is 10. The first-order valence-electron chi connectivity index (χ1n) is 11.0. The number of amides is 1. The van der Waals surface area contributed by atoms with Gasteiger partial charge in [-0.1, -0.05) is 31.2 Å². The second kappa shape index (κ2) is 11.0. The first kappa shape index (κ1) is 26.1. The van der Waals surface area contributed by atoms with Crippen LogP contribution in [0.15, 0.2) is 42.3 Å². The van der Waals surface area contributed by atoms with Crippen LogP contribution in [0.5, 0.6) is 5.75 Å². The molecule has 0 aliphatic heterocycles. The van der Waals surface area contributed by atoms with Gasteiger partial charge in [0.2, 0.25) is 0 Å². The van der Waals surface area contributed by atoms with E-state index in [9.17, 15) is 13.6 Å². The van der Waals surface area contributed by atoms with Gasteiger partial charge < -0.3 is 14.8 Å². The minimum atomic E-state index is -3.05. The Balaban J connectivity index is 1.71. The third-order valence-corrected chi connectivity index (χ3v) is 7.90. The van der Waals surface area contributed by atoms with E-state index in [1.807, 2.05) is 0 Å². The Kier molecular flexibility index (Phi) is 7.98. The van der Waals surface area contributed by atoms with Gasteiger partial charge in [-0.25, -0.2) is 9.67 Å². The molecule has 190 valence electrons. The van der Waals surface area contributed by atoms with Gasteiger partial charge in [-0.15, -0.1) is 11.3 Å². The van der Waals surface area contributed by atoms with Crippen LogP contribution in [0.4, 0.5) is 14.5 Å². The maximum Gasteiger partial charge on any atom is 0.387 e. The molecule has 0 radical (unpaired) electrons. The van der Waals surface area contributed by atoms with E-state index < -0.39 is 20.6 Å². The summed E-state index contributed by atoms with van der Waals surface area (Å²) in [4.78, 5) is 21.6. The number of ether oxygens (including phenoxy) is 2. The molecule has 0 aliphatic carbocycles. The molecule has 3 heterocycles. The Morgan fingerprint density at radius 3 is 2.81 bits per heavy atom. The fourth-order valence-electron chi connectivity index (χ4n) is 3.42. The standard InChI is InChI=1S/C23H24ClF2N5O3SSi/c1-36(2,3)7-6-33-13-31-21(15-8-14(24)4-5-18(15)34-23(25)26)17(10-29-31)30-22(32)16-9-27-11-19-20(16)28-12-35-19/h4-5,8-12,23H,6-7,13H2,1-3H3,(H,30,32). The molecule has 4 rings (SSSR count). The fourth-order valence-corrected chi connectivity index (χ4v) is 5.02. The molecular weight excluding hydrogens is 528 g/mol. The summed E-state index contributed by atoms with van der Waals surface area (Å²) < 4.78 is 39.2. The van der Waals surface area contributed by atoms with Gasteiger partial charge in [0.15, 0.2) is 0 Å². The Bertz CT molecular complexity index is 1380. The van der Waals surface area contributed by atoms with Crippen LogP contribution < -0.4 is 10.1 Å². The van der Waals surface area contributed by atoms with E-state index in [4.69, 9.17) is 21.1 Å². The van der Waals surface area contributed by atoms with Gasteiger partial charge in [0.1, 0.15) is 12.5 Å². The number of carbonyl (C=O) groups is 1. The van der Waals surface area contributed by atoms with E-state index >= 15 is 0 Å². The van der Waals surface area contributed by atoms with Gasteiger partial charge in [-0.3, -0.25) is 9.78 Å². The molecule has 0 unspecified atom stereocenters. The minimum Gasteiger partial charge on any atom is -0.434 e. The average Bonchev–Trinajstić information content (AvgIpc) is 3.44. The highest BCUT2D eigenvalue weighted by Gasteiger charge is 2.23. The molecule has 3 aromatic heterocycles. The average molecular weight is 552 g/mol. The summed E-state index contributed by atoms with van der Waals surface area (Å²) in [5.74, 6) is -0.588. The summed E-state index contributed by atoms with van der Waals surface area (Å²) in [6.07, 6.45) is 4.48. The van der Waals surface area contributed by atoms with Crippen molar-refractivity contribution in [3.05, 3.63) is 52.9 Å². The zero-order valence-corrected chi connectivity index (χ0v) is 22.4. The SMILES string of the molecule is C[Si](C)(C)CCOCn1ncc(NC(=O)c2cncc3scnc23)c1-c1cc(Cl)ccc1OC(F)F. The molecule has 0 atom stereocenters. The molecule has 36 heavy (non-hydrogen) atoms. The van der Waals surface area contributed by atoms with Gasteiger partial charge in [-0.2, -0.15) is 13.9 Å². The summed E-state index contributed by atoms with van der Waals surface area (Å²) in [5, 5.41) is 7.46. The monoisotopic (exact) mass is 551 g/mol. The van der Waals surface area contributed by atoms with Crippen LogP contribution in [-0.4, -0.2) is 46.9 Å². The number of fused-ring (bicyclic) bond motifs is 1. The highest BCUT2D eigenvalue weighted by molar-refractivity contribution is 7.16. The first-order valence-corrected chi connectivity index (χ1v) is 16.0. The van der Waals surface area contributed by atoms with Crippen molar-refractivity contribution in [2.24, 2.45) is 0 Å². The predicted octanol–water partition coefficient (Wildman–Crippen LogP) is 6.37. The molecule has 13 heteroatoms. The van der Waals surface area contributed by atoms with E-state index in [2.05, 4.69) is 40.0 Å². The van der Waals surface area contributed by atoms with Gasteiger partial charge in [-0.05, 0) is 24.2 Å². The summed E-state index contributed by atoms with van der Waals surface area (Å²) in [6.45, 7) is 4.22. The van der Waals surface area contributed by atoms with Gasteiger partial charge in [0.25, 0.3) is 5.91 Å². The maximum absolute atomic E-state index is 13.2. The van der Waals surface area contributed by atoms with Gasteiger partial charge in [0.05, 0.1) is 38.9 Å². The number of carbonyl (C=O) groups excluding carboxylic acids is 1. The lowest BCUT2D eigenvalue weighted by Crippen LogP contribution is -2.22. The zero-order chi connectivity index (χ0) is 25.9. The van der Waals surface area contributed by atoms with Gasteiger partial charge >= 0.3 is 6.61 Å². The Hall–Kier alpha value is -2.93. The van der Waals surface area contributed by atoms with Crippen LogP contribution >= 0.6 is 22.9 Å². The minimum absolute atomic E-state index is 0.0412. The number of alkyl halides is 2. The van der Waals surface area contributed by atoms with Crippen molar-refractivity contribution in [2.45, 2.75) is 39.0 Å². The lowest BCUT2D eigenvalue weighted by Gasteiger charge is -2.17. The van der Waals surface area contributed by atoms with Crippen LogP contribution in [0.25, 0.3) is 21.5 Å². The highest BCUT2D eigenvalue weighted by atomic mass is 35.5. The van der Waals surface area contributed by atoms with Crippen molar-refractivity contribution < 1.29 is 23.0 Å². The predicted molar refractivity (Wildman–Crippen MR) is 139 cm³/mol. The van der Waals surface area contributed by atoms with E-state index in [0.29, 0.717) is 22.8 Å². The number of benzene rings is 1. The molecule has 0 spiro atoms. The van der Waals surface area contributed by atoms with E-state index in [1.165, 1.54) is 46.6 Å². The molecule has 1 amide bonds. The zero-order valence-electron chi connectivity index (χ0n) is 19.8. The lowest BCUT2D eigenvalue weighted by molar-refractivity contribution is -0.0495. The number of halogens is 3. The van der Waals surface area contributed by atoms with Crippen molar-refractivity contribution in [1.29, 1.82) is 0 Å². The maximum atomic E-state index is 13.2. The third-order valence-electron chi connectivity index (χ3n) is 5.20. The molecular formula is C23H24ClF2N5O3SSi. The Morgan fingerprint density at radius 1 is 1.25 bits per heavy atom. The number of aromatic nitrogens is 4. The molecule has 1 aromatic carbocycles. The second-order valence-corrected chi connectivity index (χ2v) is 16.1. The van der Waals surface area contributed by atoms with Crippen LogP contribution in [0.2, 0.25) is 30.7 Å². The van der Waals surface area contributed by atoms with Crippen LogP contribution in [0.1, 0.15) is 10.4 Å². The molecule has 4 aromatic rings. The van der Waals surface area contributed by atoms with E-state index in [-0.39, 0.29) is 29.3 Å². The fraction of sp³-hybridized carbons (Fsp3) is 0.304. The number of thiazole rings is 1. The molecule has 0 saturated carbocycles. The van der Waals surface area contributed by atoms with Gasteiger partial charge in [0, 0.05) is 37.7 Å². The van der Waals surface area contributed by atoms with Crippen molar-refractivity contribution in [3.63, 3.8) is 0 Å². The number of nitrogens with one attached hydrogen (secondary N) is 1. The highest BCUT2D eigenvalue weighted by Crippen LogP contribution is 2.38. The lowest BCUT2D eigenvalue weighted by atomic mass is 10.1. The molecule has 0 aliphatic rings. The van der Waals surface area contributed by atoms with Crippen molar-refractivity contribution in [2.75, 3.05) is 11.9 Å². The Morgan fingerprint density at radius 2 is 2.06 bits per heavy atom. The molecule has 0 saturated heterocycles. The molecule has 0 fully saturated rings. The topological polar surface area (TPSA) is 91.2 Å². The molecule has 1 N–H and O–H groups in total. The first-order chi connectivity index (χ1) is 17.1. The van der Waals surface area contributed by atoms with E-state index in [1.54, 1.807) is 11.7 Å². The second-order valence-electron chi connectivity index (χ2n) is 9.11. The molecule has 8 nitrogen and oxygen atoms in total. The van der Waals surface area contributed by atoms with Crippen molar-refractivity contribution in [1.82, 2.24) is 19.7 Å². The van der Waals surface area contributed by atoms with E-state index in [0.717, 1.165) is 10.7 Å². The number of anilines is 1. The molecule has 0 bridgehead atoms. The van der Waals surface area contributed by atoms with Crippen LogP contribution in [0.3, 0.4) is 0 Å². The summed E-state index contributed by atoms with van der Waals surface area (Å²) >= 11 is 7.57. The number of nitrogens with zero attached hydrogens (tertiary/aromatic N) is 4. The van der Waals surface area contributed by atoms with Crippen molar-refractivity contribution in [3.8, 4) is 17.0 Å². The quantitative estimate of drug-likeness (QED) is 0.182. The smallest absolute Gasteiger partial charge is 0.387 e. The number of hydrogen-bond acceptors (Lipinski definition) is 7. The third kappa shape index (κ3) is 6.24. The largest absolute Gasteiger partial charge is 0.434 e. The summed E-state index contributed by atoms with van der Waals surface area (Å²) in [5.41, 5.74) is 3.23. The number of hydrogen-bond donors (Lipinski definition) is 1.